The van der Waals surface area contributed by atoms with Gasteiger partial charge < -0.3 is 24.4 Å². The first-order valence-electron chi connectivity index (χ1n) is 9.57. The molecule has 0 bridgehead atoms. The third-order valence-electron chi connectivity index (χ3n) is 5.50. The lowest BCUT2D eigenvalue weighted by molar-refractivity contribution is -0.132. The standard InChI is InChI=1S/C19H29N3O5/c1-15-11-16(23)12-17(24)22(15)13-18(25)21-5-2-3-19(26,4-6-21)14-20-7-9-27-10-8-20/h11-12,23,26H,2-10,13-14H2,1H3/t19-/m0/s1. The van der Waals surface area contributed by atoms with Crippen LogP contribution in [0.4, 0.5) is 0 Å². The maximum atomic E-state index is 12.7. The van der Waals surface area contributed by atoms with Gasteiger partial charge in [-0.25, -0.2) is 0 Å². The molecule has 0 saturated carbocycles. The summed E-state index contributed by atoms with van der Waals surface area (Å²) in [5.74, 6) is -0.231. The van der Waals surface area contributed by atoms with E-state index in [4.69, 9.17) is 4.74 Å². The van der Waals surface area contributed by atoms with Gasteiger partial charge in [-0.3, -0.25) is 14.5 Å². The molecular weight excluding hydrogens is 350 g/mol. The molecule has 8 heteroatoms. The molecule has 1 aromatic rings. The van der Waals surface area contributed by atoms with Crippen molar-refractivity contribution in [3.05, 3.63) is 28.2 Å². The summed E-state index contributed by atoms with van der Waals surface area (Å²) in [5, 5.41) is 20.5. The zero-order chi connectivity index (χ0) is 19.4. The monoisotopic (exact) mass is 379 g/mol. The van der Waals surface area contributed by atoms with Crippen molar-refractivity contribution in [1.29, 1.82) is 0 Å². The Kier molecular flexibility index (Phi) is 6.18. The number of β-amino-alcohol motifs (C(OH)–C–C–N with tert-alkyl or cyclic N) is 1. The van der Waals surface area contributed by atoms with Crippen molar-refractivity contribution in [1.82, 2.24) is 14.4 Å². The van der Waals surface area contributed by atoms with E-state index in [1.54, 1.807) is 11.8 Å². The molecule has 0 aliphatic carbocycles. The smallest absolute Gasteiger partial charge is 0.254 e. The van der Waals surface area contributed by atoms with Crippen molar-refractivity contribution in [3.8, 4) is 5.75 Å². The van der Waals surface area contributed by atoms with Gasteiger partial charge in [-0.15, -0.1) is 0 Å². The lowest BCUT2D eigenvalue weighted by Gasteiger charge is -2.35. The molecule has 1 atom stereocenters. The van der Waals surface area contributed by atoms with Gasteiger partial charge in [0, 0.05) is 44.5 Å². The Balaban J connectivity index is 1.60. The summed E-state index contributed by atoms with van der Waals surface area (Å²) in [4.78, 5) is 28.7. The summed E-state index contributed by atoms with van der Waals surface area (Å²) in [6.45, 7) is 6.35. The quantitative estimate of drug-likeness (QED) is 0.761. The van der Waals surface area contributed by atoms with Crippen molar-refractivity contribution < 1.29 is 19.7 Å². The van der Waals surface area contributed by atoms with Gasteiger partial charge in [0.25, 0.3) is 5.56 Å². The summed E-state index contributed by atoms with van der Waals surface area (Å²) in [6.07, 6.45) is 1.92. The number of aromatic hydroxyl groups is 1. The number of likely N-dealkylation sites (tertiary alicyclic amines) is 1. The number of aryl methyl sites for hydroxylation is 1. The van der Waals surface area contributed by atoms with E-state index in [2.05, 4.69) is 4.90 Å². The molecular formula is C19H29N3O5. The average Bonchev–Trinajstić information content (AvgIpc) is 2.80. The molecule has 1 amide bonds. The highest BCUT2D eigenvalue weighted by atomic mass is 16.5. The van der Waals surface area contributed by atoms with Crippen LogP contribution in [0.5, 0.6) is 5.75 Å². The highest BCUT2D eigenvalue weighted by Crippen LogP contribution is 2.24. The van der Waals surface area contributed by atoms with E-state index in [0.717, 1.165) is 25.6 Å². The third-order valence-corrected chi connectivity index (χ3v) is 5.50. The van der Waals surface area contributed by atoms with Crippen LogP contribution in [0.1, 0.15) is 25.0 Å². The Morgan fingerprint density at radius 3 is 2.63 bits per heavy atom. The van der Waals surface area contributed by atoms with Crippen molar-refractivity contribution in [2.24, 2.45) is 0 Å². The summed E-state index contributed by atoms with van der Waals surface area (Å²) in [6, 6.07) is 2.59. The second-order valence-corrected chi connectivity index (χ2v) is 7.63. The molecule has 1 aromatic heterocycles. The Bertz CT molecular complexity index is 729. The van der Waals surface area contributed by atoms with Crippen molar-refractivity contribution in [3.63, 3.8) is 0 Å². The van der Waals surface area contributed by atoms with Gasteiger partial charge in [0.05, 0.1) is 18.8 Å². The highest BCUT2D eigenvalue weighted by Gasteiger charge is 2.33. The van der Waals surface area contributed by atoms with Crippen LogP contribution in [-0.4, -0.2) is 82.0 Å². The number of aromatic nitrogens is 1. The fourth-order valence-corrected chi connectivity index (χ4v) is 3.91. The number of ether oxygens (including phenoxy) is 1. The van der Waals surface area contributed by atoms with Gasteiger partial charge in [-0.2, -0.15) is 0 Å². The number of rotatable bonds is 4. The molecule has 2 aliphatic heterocycles. The Labute approximate surface area is 159 Å². The predicted octanol–water partition coefficient (Wildman–Crippen LogP) is -0.0619. The number of nitrogens with zero attached hydrogens (tertiary/aromatic N) is 3. The molecule has 0 unspecified atom stereocenters. The van der Waals surface area contributed by atoms with Gasteiger partial charge in [-0.1, -0.05) is 0 Å². The van der Waals surface area contributed by atoms with Gasteiger partial charge in [0.1, 0.15) is 12.3 Å². The molecule has 0 radical (unpaired) electrons. The first-order chi connectivity index (χ1) is 12.9. The molecule has 0 spiro atoms. The maximum Gasteiger partial charge on any atom is 0.254 e. The molecule has 3 rings (SSSR count). The van der Waals surface area contributed by atoms with Crippen molar-refractivity contribution in [2.75, 3.05) is 45.9 Å². The van der Waals surface area contributed by atoms with E-state index in [0.29, 0.717) is 51.4 Å². The lowest BCUT2D eigenvalue weighted by atomic mass is 9.94. The third kappa shape index (κ3) is 5.09. The fraction of sp³-hybridized carbons (Fsp3) is 0.684. The first-order valence-corrected chi connectivity index (χ1v) is 9.57. The van der Waals surface area contributed by atoms with Gasteiger partial charge >= 0.3 is 0 Å². The van der Waals surface area contributed by atoms with Crippen molar-refractivity contribution >= 4 is 5.91 Å². The average molecular weight is 379 g/mol. The van der Waals surface area contributed by atoms with Crippen LogP contribution >= 0.6 is 0 Å². The predicted molar refractivity (Wildman–Crippen MR) is 99.7 cm³/mol. The number of carbonyl (C=O) groups excluding carboxylic acids is 1. The number of hydrogen-bond donors (Lipinski definition) is 2. The van der Waals surface area contributed by atoms with E-state index in [1.807, 2.05) is 0 Å². The number of morpholine rings is 1. The van der Waals surface area contributed by atoms with E-state index < -0.39 is 5.60 Å². The summed E-state index contributed by atoms with van der Waals surface area (Å²) in [5.41, 5.74) is -0.635. The number of aliphatic hydroxyl groups is 1. The molecule has 2 saturated heterocycles. The van der Waals surface area contributed by atoms with Crippen LogP contribution in [0.3, 0.4) is 0 Å². The number of carbonyl (C=O) groups is 1. The molecule has 2 fully saturated rings. The summed E-state index contributed by atoms with van der Waals surface area (Å²) < 4.78 is 6.73. The molecule has 150 valence electrons. The summed E-state index contributed by atoms with van der Waals surface area (Å²) in [7, 11) is 0. The lowest BCUT2D eigenvalue weighted by Crippen LogP contribution is -2.48. The van der Waals surface area contributed by atoms with E-state index in [9.17, 15) is 19.8 Å². The van der Waals surface area contributed by atoms with Crippen LogP contribution in [-0.2, 0) is 16.1 Å². The molecule has 2 aliphatic rings. The Hall–Kier alpha value is -1.90. The van der Waals surface area contributed by atoms with E-state index in [1.165, 1.54) is 10.6 Å². The van der Waals surface area contributed by atoms with E-state index in [-0.39, 0.29) is 23.8 Å². The van der Waals surface area contributed by atoms with Crippen LogP contribution in [0.25, 0.3) is 0 Å². The molecule has 27 heavy (non-hydrogen) atoms. The topological polar surface area (TPSA) is 95.2 Å². The van der Waals surface area contributed by atoms with Gasteiger partial charge in [-0.05, 0) is 32.3 Å². The molecule has 0 aromatic carbocycles. The number of pyridine rings is 1. The second-order valence-electron chi connectivity index (χ2n) is 7.63. The SMILES string of the molecule is Cc1cc(O)cc(=O)n1CC(=O)N1CCC[C@@](O)(CN2CCOCC2)CC1. The number of hydrogen-bond acceptors (Lipinski definition) is 6. The highest BCUT2D eigenvalue weighted by molar-refractivity contribution is 5.76. The van der Waals surface area contributed by atoms with E-state index >= 15 is 0 Å². The Morgan fingerprint density at radius 1 is 1.19 bits per heavy atom. The zero-order valence-electron chi connectivity index (χ0n) is 15.9. The first kappa shape index (κ1) is 19.9. The molecule has 2 N–H and O–H groups in total. The zero-order valence-corrected chi connectivity index (χ0v) is 15.9. The minimum atomic E-state index is -0.794. The van der Waals surface area contributed by atoms with Crippen LogP contribution in [0.15, 0.2) is 16.9 Å². The summed E-state index contributed by atoms with van der Waals surface area (Å²) >= 11 is 0. The van der Waals surface area contributed by atoms with Gasteiger partial charge in [0.15, 0.2) is 0 Å². The van der Waals surface area contributed by atoms with Crippen LogP contribution in [0, 0.1) is 6.92 Å². The largest absolute Gasteiger partial charge is 0.508 e. The minimum Gasteiger partial charge on any atom is -0.508 e. The maximum absolute atomic E-state index is 12.7. The molecule has 8 nitrogen and oxygen atoms in total. The van der Waals surface area contributed by atoms with Gasteiger partial charge in [0.2, 0.25) is 5.91 Å². The minimum absolute atomic E-state index is 0.0488. The van der Waals surface area contributed by atoms with Crippen LogP contribution < -0.4 is 5.56 Å². The molecule has 3 heterocycles. The Morgan fingerprint density at radius 2 is 1.93 bits per heavy atom. The normalized spacial score (nSPS) is 24.6. The van der Waals surface area contributed by atoms with Crippen molar-refractivity contribution in [2.45, 2.75) is 38.3 Å². The second kappa shape index (κ2) is 8.41. The van der Waals surface area contributed by atoms with Crippen LogP contribution in [0.2, 0.25) is 0 Å². The number of amides is 1. The fourth-order valence-electron chi connectivity index (χ4n) is 3.91.